The van der Waals surface area contributed by atoms with Gasteiger partial charge in [-0.1, -0.05) is 13.8 Å². The van der Waals surface area contributed by atoms with Crippen LogP contribution in [-0.4, -0.2) is 53.6 Å². The van der Waals surface area contributed by atoms with Crippen molar-refractivity contribution < 1.29 is 0 Å². The molecular formula is C15H27N5. The molecule has 0 radical (unpaired) electrons. The zero-order valence-corrected chi connectivity index (χ0v) is 13.3. The van der Waals surface area contributed by atoms with Crippen molar-refractivity contribution in [3.05, 3.63) is 17.5 Å². The largest absolute Gasteiger partial charge is 0.338 e. The summed E-state index contributed by atoms with van der Waals surface area (Å²) in [4.78, 5) is 13.9. The molecule has 1 aromatic heterocycles. The van der Waals surface area contributed by atoms with Gasteiger partial charge < -0.3 is 15.1 Å². The topological polar surface area (TPSA) is 44.3 Å². The Labute approximate surface area is 122 Å². The summed E-state index contributed by atoms with van der Waals surface area (Å²) in [5, 5.41) is 3.41. The van der Waals surface area contributed by atoms with E-state index in [0.717, 1.165) is 37.8 Å². The molecule has 1 saturated heterocycles. The standard InChI is InChI=1S/C15H27N5/c1-11(2)16-8-14-9-17-15(18-13(14)4)20-7-6-19(5)12(3)10-20/h9,11-12,16H,6-8,10H2,1-5H3. The van der Waals surface area contributed by atoms with Crippen LogP contribution in [0.4, 0.5) is 5.95 Å². The Bertz CT molecular complexity index is 446. The van der Waals surface area contributed by atoms with Gasteiger partial charge in [-0.25, -0.2) is 9.97 Å². The smallest absolute Gasteiger partial charge is 0.225 e. The average Bonchev–Trinajstić information content (AvgIpc) is 2.40. The molecule has 20 heavy (non-hydrogen) atoms. The monoisotopic (exact) mass is 277 g/mol. The quantitative estimate of drug-likeness (QED) is 0.902. The minimum atomic E-state index is 0.479. The van der Waals surface area contributed by atoms with Crippen LogP contribution in [0.25, 0.3) is 0 Å². The third-order valence-corrected chi connectivity index (χ3v) is 4.01. The number of piperazine rings is 1. The van der Waals surface area contributed by atoms with E-state index in [1.54, 1.807) is 0 Å². The molecule has 1 fully saturated rings. The predicted molar refractivity (Wildman–Crippen MR) is 83.0 cm³/mol. The molecule has 1 N–H and O–H groups in total. The normalized spacial score (nSPS) is 20.7. The SMILES string of the molecule is Cc1nc(N2CCN(C)C(C)C2)ncc1CNC(C)C. The summed E-state index contributed by atoms with van der Waals surface area (Å²) >= 11 is 0. The molecule has 0 amide bonds. The molecule has 1 atom stereocenters. The summed E-state index contributed by atoms with van der Waals surface area (Å²) in [7, 11) is 2.18. The van der Waals surface area contributed by atoms with E-state index in [0.29, 0.717) is 12.1 Å². The van der Waals surface area contributed by atoms with Gasteiger partial charge in [-0.15, -0.1) is 0 Å². The highest BCUT2D eigenvalue weighted by atomic mass is 15.3. The molecule has 0 bridgehead atoms. The van der Waals surface area contributed by atoms with Crippen LogP contribution in [-0.2, 0) is 6.54 Å². The minimum absolute atomic E-state index is 0.479. The summed E-state index contributed by atoms with van der Waals surface area (Å²) < 4.78 is 0. The van der Waals surface area contributed by atoms with Crippen LogP contribution in [0.5, 0.6) is 0 Å². The maximum Gasteiger partial charge on any atom is 0.225 e. The molecule has 0 spiro atoms. The maximum atomic E-state index is 4.69. The molecule has 5 heteroatoms. The molecule has 112 valence electrons. The van der Waals surface area contributed by atoms with Crippen LogP contribution in [0.15, 0.2) is 6.20 Å². The van der Waals surface area contributed by atoms with Gasteiger partial charge in [-0.05, 0) is 20.9 Å². The first-order valence-corrected chi connectivity index (χ1v) is 7.48. The molecular weight excluding hydrogens is 250 g/mol. The molecule has 0 saturated carbocycles. The van der Waals surface area contributed by atoms with Crippen molar-refractivity contribution in [2.45, 2.75) is 46.3 Å². The van der Waals surface area contributed by atoms with E-state index in [2.05, 4.69) is 54.8 Å². The second-order valence-corrected chi connectivity index (χ2v) is 6.09. The highest BCUT2D eigenvalue weighted by Crippen LogP contribution is 2.15. The highest BCUT2D eigenvalue weighted by molar-refractivity contribution is 5.34. The Kier molecular flexibility index (Phi) is 4.94. The van der Waals surface area contributed by atoms with Crippen LogP contribution >= 0.6 is 0 Å². The lowest BCUT2D eigenvalue weighted by Gasteiger charge is -2.37. The number of aromatic nitrogens is 2. The summed E-state index contributed by atoms with van der Waals surface area (Å²) in [6.07, 6.45) is 1.97. The average molecular weight is 277 g/mol. The lowest BCUT2D eigenvalue weighted by Crippen LogP contribution is -2.50. The summed E-state index contributed by atoms with van der Waals surface area (Å²) in [6.45, 7) is 12.5. The lowest BCUT2D eigenvalue weighted by molar-refractivity contribution is 0.232. The number of likely N-dealkylation sites (N-methyl/N-ethyl adjacent to an activating group) is 1. The van der Waals surface area contributed by atoms with E-state index in [9.17, 15) is 0 Å². The summed E-state index contributed by atoms with van der Waals surface area (Å²) in [5.74, 6) is 0.871. The molecule has 1 unspecified atom stereocenters. The minimum Gasteiger partial charge on any atom is -0.338 e. The van der Waals surface area contributed by atoms with E-state index in [4.69, 9.17) is 4.98 Å². The fourth-order valence-electron chi connectivity index (χ4n) is 2.35. The summed E-state index contributed by atoms with van der Waals surface area (Å²) in [5.41, 5.74) is 2.26. The van der Waals surface area contributed by atoms with Gasteiger partial charge in [0.05, 0.1) is 0 Å². The van der Waals surface area contributed by atoms with E-state index in [1.165, 1.54) is 5.56 Å². The molecule has 0 aromatic carbocycles. The molecule has 1 aromatic rings. The second-order valence-electron chi connectivity index (χ2n) is 6.09. The summed E-state index contributed by atoms with van der Waals surface area (Å²) in [6, 6.07) is 1.03. The first-order chi connectivity index (χ1) is 9.47. The van der Waals surface area contributed by atoms with Crippen LogP contribution in [0, 0.1) is 6.92 Å². The van der Waals surface area contributed by atoms with Crippen LogP contribution in [0.3, 0.4) is 0 Å². The number of rotatable bonds is 4. The molecule has 0 aliphatic carbocycles. The number of anilines is 1. The number of aryl methyl sites for hydroxylation is 1. The van der Waals surface area contributed by atoms with E-state index >= 15 is 0 Å². The Balaban J connectivity index is 2.05. The van der Waals surface area contributed by atoms with E-state index in [1.807, 2.05) is 6.20 Å². The van der Waals surface area contributed by atoms with Crippen molar-refractivity contribution in [2.75, 3.05) is 31.6 Å². The van der Waals surface area contributed by atoms with Gasteiger partial charge in [0.1, 0.15) is 0 Å². The molecule has 2 heterocycles. The molecule has 1 aliphatic rings. The van der Waals surface area contributed by atoms with Gasteiger partial charge in [-0.2, -0.15) is 0 Å². The van der Waals surface area contributed by atoms with Crippen LogP contribution in [0.2, 0.25) is 0 Å². The lowest BCUT2D eigenvalue weighted by atomic mass is 10.2. The van der Waals surface area contributed by atoms with Crippen molar-refractivity contribution >= 4 is 5.95 Å². The highest BCUT2D eigenvalue weighted by Gasteiger charge is 2.22. The Morgan fingerprint density at radius 1 is 1.40 bits per heavy atom. The number of hydrogen-bond acceptors (Lipinski definition) is 5. The fourth-order valence-corrected chi connectivity index (χ4v) is 2.35. The van der Waals surface area contributed by atoms with E-state index < -0.39 is 0 Å². The fraction of sp³-hybridized carbons (Fsp3) is 0.733. The predicted octanol–water partition coefficient (Wildman–Crippen LogP) is 1.42. The number of nitrogens with zero attached hydrogens (tertiary/aromatic N) is 4. The first kappa shape index (κ1) is 15.2. The van der Waals surface area contributed by atoms with Crippen molar-refractivity contribution in [3.8, 4) is 0 Å². The second kappa shape index (κ2) is 6.50. The van der Waals surface area contributed by atoms with E-state index in [-0.39, 0.29) is 0 Å². The van der Waals surface area contributed by atoms with Crippen molar-refractivity contribution in [1.29, 1.82) is 0 Å². The third kappa shape index (κ3) is 3.67. The zero-order chi connectivity index (χ0) is 14.7. The van der Waals surface area contributed by atoms with Gasteiger partial charge in [0.15, 0.2) is 0 Å². The number of nitrogens with one attached hydrogen (secondary N) is 1. The number of hydrogen-bond donors (Lipinski definition) is 1. The van der Waals surface area contributed by atoms with Crippen molar-refractivity contribution in [1.82, 2.24) is 20.2 Å². The molecule has 1 aliphatic heterocycles. The molecule has 2 rings (SSSR count). The van der Waals surface area contributed by atoms with Gasteiger partial charge >= 0.3 is 0 Å². The molecule has 5 nitrogen and oxygen atoms in total. The van der Waals surface area contributed by atoms with Crippen LogP contribution < -0.4 is 10.2 Å². The maximum absolute atomic E-state index is 4.69. The first-order valence-electron chi connectivity index (χ1n) is 7.48. The van der Waals surface area contributed by atoms with Crippen molar-refractivity contribution in [3.63, 3.8) is 0 Å². The van der Waals surface area contributed by atoms with Crippen molar-refractivity contribution in [2.24, 2.45) is 0 Å². The third-order valence-electron chi connectivity index (χ3n) is 4.01. The Morgan fingerprint density at radius 3 is 2.75 bits per heavy atom. The van der Waals surface area contributed by atoms with Gasteiger partial charge in [0.25, 0.3) is 0 Å². The van der Waals surface area contributed by atoms with Gasteiger partial charge in [-0.3, -0.25) is 0 Å². The van der Waals surface area contributed by atoms with Crippen LogP contribution in [0.1, 0.15) is 32.0 Å². The Hall–Kier alpha value is -1.20. The van der Waals surface area contributed by atoms with Gasteiger partial charge in [0, 0.05) is 55.7 Å². The zero-order valence-electron chi connectivity index (χ0n) is 13.3. The van der Waals surface area contributed by atoms with Gasteiger partial charge in [0.2, 0.25) is 5.95 Å². The Morgan fingerprint density at radius 2 is 2.15 bits per heavy atom.